The van der Waals surface area contributed by atoms with Crippen LogP contribution in [0.5, 0.6) is 17.2 Å². The van der Waals surface area contributed by atoms with Crippen molar-refractivity contribution in [2.75, 3.05) is 33.4 Å². The molecule has 1 aliphatic heterocycles. The van der Waals surface area contributed by atoms with Gasteiger partial charge in [-0.3, -0.25) is 4.90 Å². The second-order valence-corrected chi connectivity index (χ2v) is 5.86. The third-order valence-electron chi connectivity index (χ3n) is 4.06. The maximum atomic E-state index is 9.37. The summed E-state index contributed by atoms with van der Waals surface area (Å²) in [5.74, 6) is 1.76. The van der Waals surface area contributed by atoms with Crippen LogP contribution in [-0.2, 0) is 11.3 Å². The molecule has 1 N–H and O–H groups in total. The van der Waals surface area contributed by atoms with Gasteiger partial charge in [0.25, 0.3) is 0 Å². The first-order valence-electron chi connectivity index (χ1n) is 8.12. The Morgan fingerprint density at radius 2 is 1.88 bits per heavy atom. The van der Waals surface area contributed by atoms with Gasteiger partial charge in [-0.05, 0) is 29.8 Å². The molecule has 0 spiro atoms. The standard InChI is InChI=1S/C19H23NO4/c1-22-18-4-2-3-5-19(18)24-14-17-13-20(10-11-23-17)12-15-6-8-16(21)9-7-15/h2-9,17,21H,10-14H2,1H3. The summed E-state index contributed by atoms with van der Waals surface area (Å²) in [4.78, 5) is 2.34. The van der Waals surface area contributed by atoms with Crippen molar-refractivity contribution in [2.45, 2.75) is 12.6 Å². The maximum absolute atomic E-state index is 9.37. The zero-order valence-corrected chi connectivity index (χ0v) is 13.9. The first-order valence-corrected chi connectivity index (χ1v) is 8.12. The largest absolute Gasteiger partial charge is 0.508 e. The van der Waals surface area contributed by atoms with E-state index in [1.807, 2.05) is 36.4 Å². The van der Waals surface area contributed by atoms with E-state index in [0.717, 1.165) is 31.1 Å². The molecule has 1 aliphatic rings. The molecule has 2 aromatic rings. The number of morpholine rings is 1. The highest BCUT2D eigenvalue weighted by Crippen LogP contribution is 2.26. The van der Waals surface area contributed by atoms with E-state index < -0.39 is 0 Å². The van der Waals surface area contributed by atoms with Gasteiger partial charge >= 0.3 is 0 Å². The highest BCUT2D eigenvalue weighted by Gasteiger charge is 2.21. The smallest absolute Gasteiger partial charge is 0.161 e. The zero-order chi connectivity index (χ0) is 16.8. The van der Waals surface area contributed by atoms with Crippen LogP contribution >= 0.6 is 0 Å². The van der Waals surface area contributed by atoms with Crippen molar-refractivity contribution < 1.29 is 19.3 Å². The lowest BCUT2D eigenvalue weighted by Gasteiger charge is -2.32. The number of phenols is 1. The number of hydrogen-bond donors (Lipinski definition) is 1. The molecule has 3 rings (SSSR count). The minimum absolute atomic E-state index is 0.0285. The Bertz CT molecular complexity index is 644. The predicted molar refractivity (Wildman–Crippen MR) is 91.6 cm³/mol. The van der Waals surface area contributed by atoms with E-state index in [9.17, 15) is 5.11 Å². The first kappa shape index (κ1) is 16.6. The Labute approximate surface area is 142 Å². The monoisotopic (exact) mass is 329 g/mol. The summed E-state index contributed by atoms with van der Waals surface area (Å²) in [7, 11) is 1.64. The van der Waals surface area contributed by atoms with Gasteiger partial charge < -0.3 is 19.3 Å². The summed E-state index contributed by atoms with van der Waals surface area (Å²) in [6.45, 7) is 3.74. The lowest BCUT2D eigenvalue weighted by molar-refractivity contribution is -0.0506. The Hall–Kier alpha value is -2.24. The average molecular weight is 329 g/mol. The summed E-state index contributed by atoms with van der Waals surface area (Å²) in [6, 6.07) is 15.0. The Morgan fingerprint density at radius 3 is 2.62 bits per heavy atom. The van der Waals surface area contributed by atoms with Crippen LogP contribution in [0.2, 0.25) is 0 Å². The summed E-state index contributed by atoms with van der Waals surface area (Å²) in [5.41, 5.74) is 1.18. The molecular formula is C19H23NO4. The zero-order valence-electron chi connectivity index (χ0n) is 13.9. The van der Waals surface area contributed by atoms with Crippen molar-refractivity contribution in [1.29, 1.82) is 0 Å². The van der Waals surface area contributed by atoms with Crippen LogP contribution in [0, 0.1) is 0 Å². The number of hydrogen-bond acceptors (Lipinski definition) is 5. The van der Waals surface area contributed by atoms with E-state index in [-0.39, 0.29) is 6.10 Å². The van der Waals surface area contributed by atoms with E-state index in [0.29, 0.717) is 19.0 Å². The molecule has 5 nitrogen and oxygen atoms in total. The second kappa shape index (κ2) is 8.04. The predicted octanol–water partition coefficient (Wildman–Crippen LogP) is 2.68. The van der Waals surface area contributed by atoms with Crippen LogP contribution in [0.15, 0.2) is 48.5 Å². The Balaban J connectivity index is 1.52. The third-order valence-corrected chi connectivity index (χ3v) is 4.06. The summed E-state index contributed by atoms with van der Waals surface area (Å²) in [6.07, 6.45) is 0.0285. The van der Waals surface area contributed by atoms with Gasteiger partial charge in [0.05, 0.1) is 13.7 Å². The van der Waals surface area contributed by atoms with Gasteiger partial charge in [0, 0.05) is 19.6 Å². The molecule has 0 aliphatic carbocycles. The molecule has 1 atom stereocenters. The number of methoxy groups -OCH3 is 1. The van der Waals surface area contributed by atoms with E-state index >= 15 is 0 Å². The number of benzene rings is 2. The molecular weight excluding hydrogens is 306 g/mol. The molecule has 24 heavy (non-hydrogen) atoms. The van der Waals surface area contributed by atoms with Gasteiger partial charge in [0.2, 0.25) is 0 Å². The molecule has 0 aromatic heterocycles. The maximum Gasteiger partial charge on any atom is 0.161 e. The van der Waals surface area contributed by atoms with Crippen molar-refractivity contribution in [2.24, 2.45) is 0 Å². The van der Waals surface area contributed by atoms with E-state index in [1.165, 1.54) is 5.56 Å². The minimum Gasteiger partial charge on any atom is -0.508 e. The summed E-state index contributed by atoms with van der Waals surface area (Å²) < 4.78 is 17.0. The van der Waals surface area contributed by atoms with Gasteiger partial charge in [0.15, 0.2) is 11.5 Å². The minimum atomic E-state index is 0.0285. The molecule has 2 aromatic carbocycles. The number of aromatic hydroxyl groups is 1. The van der Waals surface area contributed by atoms with Crippen LogP contribution in [0.4, 0.5) is 0 Å². The molecule has 5 heteroatoms. The van der Waals surface area contributed by atoms with E-state index in [4.69, 9.17) is 14.2 Å². The highest BCUT2D eigenvalue weighted by molar-refractivity contribution is 5.39. The lowest BCUT2D eigenvalue weighted by atomic mass is 10.2. The van der Waals surface area contributed by atoms with Crippen molar-refractivity contribution in [3.8, 4) is 17.2 Å². The normalized spacial score (nSPS) is 18.3. The fourth-order valence-electron chi connectivity index (χ4n) is 2.81. The molecule has 0 radical (unpaired) electrons. The second-order valence-electron chi connectivity index (χ2n) is 5.86. The number of phenolic OH excluding ortho intramolecular Hbond substituents is 1. The van der Waals surface area contributed by atoms with E-state index in [2.05, 4.69) is 4.90 Å². The van der Waals surface area contributed by atoms with Crippen LogP contribution in [0.25, 0.3) is 0 Å². The summed E-state index contributed by atoms with van der Waals surface area (Å²) >= 11 is 0. The molecule has 1 saturated heterocycles. The molecule has 1 heterocycles. The Kier molecular flexibility index (Phi) is 5.56. The quantitative estimate of drug-likeness (QED) is 0.883. The fourth-order valence-corrected chi connectivity index (χ4v) is 2.81. The van der Waals surface area contributed by atoms with Crippen LogP contribution in [0.3, 0.4) is 0 Å². The first-order chi connectivity index (χ1) is 11.7. The molecule has 0 saturated carbocycles. The van der Waals surface area contributed by atoms with Crippen LogP contribution < -0.4 is 9.47 Å². The number of para-hydroxylation sites is 2. The SMILES string of the molecule is COc1ccccc1OCC1CN(Cc2ccc(O)cc2)CCO1. The lowest BCUT2D eigenvalue weighted by Crippen LogP contribution is -2.44. The summed E-state index contributed by atoms with van der Waals surface area (Å²) in [5, 5.41) is 9.37. The molecule has 1 fully saturated rings. The van der Waals surface area contributed by atoms with Gasteiger partial charge in [-0.2, -0.15) is 0 Å². The van der Waals surface area contributed by atoms with Crippen LogP contribution in [0.1, 0.15) is 5.56 Å². The van der Waals surface area contributed by atoms with Gasteiger partial charge in [-0.1, -0.05) is 24.3 Å². The highest BCUT2D eigenvalue weighted by atomic mass is 16.5. The van der Waals surface area contributed by atoms with Crippen molar-refractivity contribution in [3.63, 3.8) is 0 Å². The van der Waals surface area contributed by atoms with Gasteiger partial charge in [0.1, 0.15) is 18.5 Å². The van der Waals surface area contributed by atoms with Crippen LogP contribution in [-0.4, -0.2) is 49.5 Å². The van der Waals surface area contributed by atoms with E-state index in [1.54, 1.807) is 19.2 Å². The number of ether oxygens (including phenoxy) is 3. The number of nitrogens with zero attached hydrogens (tertiary/aromatic N) is 1. The third kappa shape index (κ3) is 4.40. The Morgan fingerprint density at radius 1 is 1.12 bits per heavy atom. The van der Waals surface area contributed by atoms with Crippen molar-refractivity contribution in [3.05, 3.63) is 54.1 Å². The number of rotatable bonds is 6. The molecule has 0 amide bonds. The van der Waals surface area contributed by atoms with Gasteiger partial charge in [-0.25, -0.2) is 0 Å². The van der Waals surface area contributed by atoms with Gasteiger partial charge in [-0.15, -0.1) is 0 Å². The molecule has 1 unspecified atom stereocenters. The average Bonchev–Trinajstić information content (AvgIpc) is 2.62. The van der Waals surface area contributed by atoms with Crippen molar-refractivity contribution in [1.82, 2.24) is 4.90 Å². The van der Waals surface area contributed by atoms with Crippen molar-refractivity contribution >= 4 is 0 Å². The molecule has 0 bridgehead atoms. The topological polar surface area (TPSA) is 51.2 Å². The molecule has 128 valence electrons. The fraction of sp³-hybridized carbons (Fsp3) is 0.368.